The number of rotatable bonds is 3. The van der Waals surface area contributed by atoms with E-state index in [0.717, 1.165) is 4.88 Å². The van der Waals surface area contributed by atoms with E-state index in [2.05, 4.69) is 5.32 Å². The molecule has 1 amide bonds. The van der Waals surface area contributed by atoms with E-state index in [1.165, 1.54) is 11.3 Å². The second-order valence-corrected chi connectivity index (χ2v) is 5.13. The van der Waals surface area contributed by atoms with Crippen LogP contribution in [0, 0.1) is 5.92 Å². The largest absolute Gasteiger partial charge is 0.384 e. The minimum Gasteiger partial charge on any atom is -0.384 e. The molecule has 0 aromatic carbocycles. The molecular formula is C11H17NO2S. The number of aliphatic hydroxyl groups is 1. The van der Waals surface area contributed by atoms with Crippen LogP contribution in [0.2, 0.25) is 0 Å². The summed E-state index contributed by atoms with van der Waals surface area (Å²) < 4.78 is 0. The van der Waals surface area contributed by atoms with Crippen molar-refractivity contribution in [2.24, 2.45) is 5.92 Å². The first-order valence-electron chi connectivity index (χ1n) is 4.94. The molecule has 0 fully saturated rings. The van der Waals surface area contributed by atoms with E-state index in [-0.39, 0.29) is 11.8 Å². The second-order valence-electron chi connectivity index (χ2n) is 4.05. The molecule has 1 aromatic rings. The van der Waals surface area contributed by atoms with Crippen molar-refractivity contribution in [3.8, 4) is 0 Å². The molecule has 1 aromatic heterocycles. The molecule has 0 spiro atoms. The van der Waals surface area contributed by atoms with Crippen molar-refractivity contribution in [3.63, 3.8) is 0 Å². The average Bonchev–Trinajstić information content (AvgIpc) is 2.65. The minimum absolute atomic E-state index is 0.106. The van der Waals surface area contributed by atoms with Crippen molar-refractivity contribution in [2.75, 3.05) is 7.05 Å². The SMILES string of the molecule is CNC(=O)c1ccc(C(C)(O)C(C)C)s1. The normalized spacial score (nSPS) is 15.1. The van der Waals surface area contributed by atoms with Gasteiger partial charge in [-0.25, -0.2) is 0 Å². The van der Waals surface area contributed by atoms with Crippen LogP contribution < -0.4 is 5.32 Å². The maximum absolute atomic E-state index is 11.3. The molecule has 1 rings (SSSR count). The third-order valence-corrected chi connectivity index (χ3v) is 3.99. The van der Waals surface area contributed by atoms with Crippen molar-refractivity contribution in [1.82, 2.24) is 5.32 Å². The highest BCUT2D eigenvalue weighted by Crippen LogP contribution is 2.33. The highest BCUT2D eigenvalue weighted by atomic mass is 32.1. The molecule has 0 aliphatic heterocycles. The summed E-state index contributed by atoms with van der Waals surface area (Å²) in [7, 11) is 1.60. The maximum Gasteiger partial charge on any atom is 0.261 e. The van der Waals surface area contributed by atoms with E-state index in [1.807, 2.05) is 19.9 Å². The van der Waals surface area contributed by atoms with Crippen LogP contribution in [0.4, 0.5) is 0 Å². The molecule has 0 saturated carbocycles. The number of hydrogen-bond acceptors (Lipinski definition) is 3. The standard InChI is InChI=1S/C11H17NO2S/c1-7(2)11(3,14)9-6-5-8(15-9)10(13)12-4/h5-7,14H,1-4H3,(H,12,13). The highest BCUT2D eigenvalue weighted by Gasteiger charge is 2.29. The molecule has 1 heterocycles. The Bertz CT molecular complexity index is 355. The van der Waals surface area contributed by atoms with Gasteiger partial charge in [0.1, 0.15) is 0 Å². The molecule has 84 valence electrons. The van der Waals surface area contributed by atoms with Gasteiger partial charge in [0.2, 0.25) is 0 Å². The molecule has 15 heavy (non-hydrogen) atoms. The van der Waals surface area contributed by atoms with Crippen LogP contribution in [0.15, 0.2) is 12.1 Å². The molecule has 0 radical (unpaired) electrons. The predicted octanol–water partition coefficient (Wildman–Crippen LogP) is 1.97. The number of carbonyl (C=O) groups excluding carboxylic acids is 1. The summed E-state index contributed by atoms with van der Waals surface area (Å²) in [4.78, 5) is 12.8. The van der Waals surface area contributed by atoms with Crippen molar-refractivity contribution in [1.29, 1.82) is 0 Å². The average molecular weight is 227 g/mol. The first-order chi connectivity index (χ1) is 6.89. The summed E-state index contributed by atoms with van der Waals surface area (Å²) >= 11 is 1.34. The number of amides is 1. The quantitative estimate of drug-likeness (QED) is 0.829. The number of thiophene rings is 1. The third kappa shape index (κ3) is 2.38. The highest BCUT2D eigenvalue weighted by molar-refractivity contribution is 7.14. The Morgan fingerprint density at radius 1 is 1.53 bits per heavy atom. The van der Waals surface area contributed by atoms with Crippen LogP contribution in [0.1, 0.15) is 35.3 Å². The van der Waals surface area contributed by atoms with Gasteiger partial charge in [-0.05, 0) is 25.0 Å². The second kappa shape index (κ2) is 4.33. The van der Waals surface area contributed by atoms with Gasteiger partial charge in [-0.1, -0.05) is 13.8 Å². The van der Waals surface area contributed by atoms with Crippen molar-refractivity contribution in [3.05, 3.63) is 21.9 Å². The van der Waals surface area contributed by atoms with E-state index in [0.29, 0.717) is 4.88 Å². The Hall–Kier alpha value is -0.870. The monoisotopic (exact) mass is 227 g/mol. The van der Waals surface area contributed by atoms with Gasteiger partial charge >= 0.3 is 0 Å². The summed E-state index contributed by atoms with van der Waals surface area (Å²) in [6.07, 6.45) is 0. The third-order valence-electron chi connectivity index (χ3n) is 2.68. The Morgan fingerprint density at radius 3 is 2.60 bits per heavy atom. The molecule has 0 bridgehead atoms. The zero-order valence-electron chi connectivity index (χ0n) is 9.50. The topological polar surface area (TPSA) is 49.3 Å². The molecule has 4 heteroatoms. The van der Waals surface area contributed by atoms with Crippen LogP contribution in [-0.2, 0) is 5.60 Å². The molecule has 0 aliphatic carbocycles. The van der Waals surface area contributed by atoms with Gasteiger partial charge in [-0.2, -0.15) is 0 Å². The van der Waals surface area contributed by atoms with Crippen molar-refractivity contribution in [2.45, 2.75) is 26.4 Å². The van der Waals surface area contributed by atoms with Gasteiger partial charge < -0.3 is 10.4 Å². The van der Waals surface area contributed by atoms with Crippen LogP contribution >= 0.6 is 11.3 Å². The fourth-order valence-electron chi connectivity index (χ4n) is 1.14. The summed E-state index contributed by atoms with van der Waals surface area (Å²) in [6, 6.07) is 3.56. The van der Waals surface area contributed by atoms with Gasteiger partial charge in [0.15, 0.2) is 0 Å². The van der Waals surface area contributed by atoms with Crippen LogP contribution in [0.5, 0.6) is 0 Å². The van der Waals surface area contributed by atoms with Crippen molar-refractivity contribution >= 4 is 17.2 Å². The Balaban J connectivity index is 2.98. The number of hydrogen-bond donors (Lipinski definition) is 2. The molecule has 0 aliphatic rings. The van der Waals surface area contributed by atoms with Gasteiger partial charge in [-0.15, -0.1) is 11.3 Å². The lowest BCUT2D eigenvalue weighted by Crippen LogP contribution is -2.26. The Labute approximate surface area is 94.1 Å². The first-order valence-corrected chi connectivity index (χ1v) is 5.76. The smallest absolute Gasteiger partial charge is 0.261 e. The molecular weight excluding hydrogens is 210 g/mol. The lowest BCUT2D eigenvalue weighted by molar-refractivity contribution is 0.0126. The van der Waals surface area contributed by atoms with Crippen molar-refractivity contribution < 1.29 is 9.90 Å². The maximum atomic E-state index is 11.3. The Morgan fingerprint density at radius 2 is 2.13 bits per heavy atom. The summed E-state index contributed by atoms with van der Waals surface area (Å²) in [5.74, 6) is 0.0134. The lowest BCUT2D eigenvalue weighted by atomic mass is 9.91. The van der Waals surface area contributed by atoms with Crippen LogP contribution in [0.25, 0.3) is 0 Å². The summed E-state index contributed by atoms with van der Waals surface area (Å²) in [5.41, 5.74) is -0.864. The number of nitrogens with one attached hydrogen (secondary N) is 1. The van der Waals surface area contributed by atoms with E-state index in [4.69, 9.17) is 0 Å². The molecule has 1 atom stereocenters. The molecule has 1 unspecified atom stereocenters. The molecule has 2 N–H and O–H groups in total. The zero-order chi connectivity index (χ0) is 11.6. The Kier molecular flexibility index (Phi) is 3.52. The van der Waals surface area contributed by atoms with Gasteiger partial charge in [0.05, 0.1) is 10.5 Å². The van der Waals surface area contributed by atoms with E-state index < -0.39 is 5.60 Å². The van der Waals surface area contributed by atoms with Crippen LogP contribution in [-0.4, -0.2) is 18.1 Å². The fourth-order valence-corrected chi connectivity index (χ4v) is 2.29. The molecule has 0 saturated heterocycles. The zero-order valence-corrected chi connectivity index (χ0v) is 10.3. The number of carbonyl (C=O) groups is 1. The van der Waals surface area contributed by atoms with Crippen LogP contribution in [0.3, 0.4) is 0 Å². The minimum atomic E-state index is -0.864. The summed E-state index contributed by atoms with van der Waals surface area (Å²) in [5, 5.41) is 12.8. The van der Waals surface area contributed by atoms with E-state index in [1.54, 1.807) is 20.0 Å². The van der Waals surface area contributed by atoms with Gasteiger partial charge in [0.25, 0.3) is 5.91 Å². The van der Waals surface area contributed by atoms with Gasteiger partial charge in [0, 0.05) is 11.9 Å². The van der Waals surface area contributed by atoms with Gasteiger partial charge in [-0.3, -0.25) is 4.79 Å². The van der Waals surface area contributed by atoms with E-state index in [9.17, 15) is 9.90 Å². The first kappa shape index (κ1) is 12.2. The van der Waals surface area contributed by atoms with E-state index >= 15 is 0 Å². The lowest BCUT2D eigenvalue weighted by Gasteiger charge is -2.26. The molecule has 3 nitrogen and oxygen atoms in total. The summed E-state index contributed by atoms with van der Waals surface area (Å²) in [6.45, 7) is 5.69. The fraction of sp³-hybridized carbons (Fsp3) is 0.545. The predicted molar refractivity (Wildman–Crippen MR) is 62.1 cm³/mol.